The van der Waals surface area contributed by atoms with E-state index in [2.05, 4.69) is 20.6 Å². The Kier molecular flexibility index (Phi) is 7.50. The van der Waals surface area contributed by atoms with Crippen LogP contribution in [-0.2, 0) is 9.47 Å². The lowest BCUT2D eigenvalue weighted by Crippen LogP contribution is -2.15. The molecule has 2 N–H and O–H groups in total. The normalized spacial score (nSPS) is 10.2. The second-order valence-corrected chi connectivity index (χ2v) is 5.31. The van der Waals surface area contributed by atoms with Crippen molar-refractivity contribution in [3.8, 4) is 0 Å². The molecular formula is C18H22N4O4. The Labute approximate surface area is 151 Å². The van der Waals surface area contributed by atoms with Gasteiger partial charge in [-0.3, -0.25) is 4.79 Å². The van der Waals surface area contributed by atoms with Crippen molar-refractivity contribution in [1.82, 2.24) is 9.97 Å². The summed E-state index contributed by atoms with van der Waals surface area (Å²) in [7, 11) is 1.65. The average Bonchev–Trinajstić information content (AvgIpc) is 2.66. The van der Waals surface area contributed by atoms with Crippen molar-refractivity contribution in [2.45, 2.75) is 13.3 Å². The molecule has 0 bridgehead atoms. The van der Waals surface area contributed by atoms with E-state index < -0.39 is 5.97 Å². The molecule has 1 aromatic carbocycles. The molecule has 8 nitrogen and oxygen atoms in total. The smallest absolute Gasteiger partial charge is 0.338 e. The first-order valence-corrected chi connectivity index (χ1v) is 8.27. The van der Waals surface area contributed by atoms with E-state index in [0.717, 1.165) is 6.42 Å². The lowest BCUT2D eigenvalue weighted by atomic mass is 10.2. The number of amides is 1. The number of nitrogens with zero attached hydrogens (tertiary/aromatic N) is 2. The summed E-state index contributed by atoms with van der Waals surface area (Å²) in [4.78, 5) is 32.1. The monoisotopic (exact) mass is 358 g/mol. The first-order chi connectivity index (χ1) is 12.6. The fourth-order valence-electron chi connectivity index (χ4n) is 2.07. The van der Waals surface area contributed by atoms with E-state index in [1.807, 2.05) is 0 Å². The number of esters is 1. The van der Waals surface area contributed by atoms with Crippen molar-refractivity contribution < 1.29 is 19.1 Å². The van der Waals surface area contributed by atoms with Crippen LogP contribution in [0.3, 0.4) is 0 Å². The molecule has 0 radical (unpaired) electrons. The van der Waals surface area contributed by atoms with Crippen molar-refractivity contribution in [2.24, 2.45) is 0 Å². The Morgan fingerprint density at radius 1 is 1.12 bits per heavy atom. The van der Waals surface area contributed by atoms with Gasteiger partial charge in [-0.1, -0.05) is 0 Å². The maximum absolute atomic E-state index is 12.2. The topological polar surface area (TPSA) is 102 Å². The SMILES string of the molecule is CCOC(=O)c1ccc(NC(=O)c2cnc(NCCCOC)cn2)cc1. The Balaban J connectivity index is 1.89. The van der Waals surface area contributed by atoms with Gasteiger partial charge in [0.2, 0.25) is 0 Å². The molecule has 1 heterocycles. The van der Waals surface area contributed by atoms with Crippen LogP contribution in [0.15, 0.2) is 36.7 Å². The van der Waals surface area contributed by atoms with Gasteiger partial charge in [-0.25, -0.2) is 14.8 Å². The summed E-state index contributed by atoms with van der Waals surface area (Å²) in [6, 6.07) is 6.44. The minimum Gasteiger partial charge on any atom is -0.462 e. The molecule has 0 aliphatic rings. The highest BCUT2D eigenvalue weighted by atomic mass is 16.5. The van der Waals surface area contributed by atoms with Gasteiger partial charge < -0.3 is 20.1 Å². The minimum absolute atomic E-state index is 0.196. The second-order valence-electron chi connectivity index (χ2n) is 5.31. The predicted octanol–water partition coefficient (Wildman–Crippen LogP) is 2.35. The van der Waals surface area contributed by atoms with Crippen LogP contribution in [0.25, 0.3) is 0 Å². The first-order valence-electron chi connectivity index (χ1n) is 8.27. The van der Waals surface area contributed by atoms with E-state index in [9.17, 15) is 9.59 Å². The number of ether oxygens (including phenoxy) is 2. The number of aromatic nitrogens is 2. The number of rotatable bonds is 9. The highest BCUT2D eigenvalue weighted by Crippen LogP contribution is 2.12. The molecule has 8 heteroatoms. The number of carbonyl (C=O) groups is 2. The van der Waals surface area contributed by atoms with Gasteiger partial charge in [0.25, 0.3) is 5.91 Å². The molecule has 26 heavy (non-hydrogen) atoms. The van der Waals surface area contributed by atoms with Gasteiger partial charge in [0.1, 0.15) is 11.5 Å². The molecule has 0 fully saturated rings. The van der Waals surface area contributed by atoms with Crippen LogP contribution >= 0.6 is 0 Å². The van der Waals surface area contributed by atoms with Crippen molar-refractivity contribution in [3.05, 3.63) is 47.9 Å². The van der Waals surface area contributed by atoms with Crippen LogP contribution in [0.2, 0.25) is 0 Å². The van der Waals surface area contributed by atoms with E-state index >= 15 is 0 Å². The van der Waals surface area contributed by atoms with Crippen molar-refractivity contribution in [1.29, 1.82) is 0 Å². The molecule has 0 aliphatic heterocycles. The molecule has 0 saturated heterocycles. The summed E-state index contributed by atoms with van der Waals surface area (Å²) >= 11 is 0. The van der Waals surface area contributed by atoms with Crippen LogP contribution in [0.5, 0.6) is 0 Å². The zero-order valence-corrected chi connectivity index (χ0v) is 14.8. The van der Waals surface area contributed by atoms with Crippen molar-refractivity contribution in [3.63, 3.8) is 0 Å². The summed E-state index contributed by atoms with van der Waals surface area (Å²) in [5.74, 6) is -0.186. The average molecular weight is 358 g/mol. The zero-order chi connectivity index (χ0) is 18.8. The van der Waals surface area contributed by atoms with Crippen LogP contribution < -0.4 is 10.6 Å². The van der Waals surface area contributed by atoms with Crippen LogP contribution in [-0.4, -0.2) is 48.7 Å². The third-order valence-corrected chi connectivity index (χ3v) is 3.37. The lowest BCUT2D eigenvalue weighted by molar-refractivity contribution is 0.0526. The van der Waals surface area contributed by atoms with Crippen molar-refractivity contribution in [2.75, 3.05) is 37.5 Å². The van der Waals surface area contributed by atoms with E-state index in [-0.39, 0.29) is 11.6 Å². The molecule has 0 atom stereocenters. The van der Waals surface area contributed by atoms with E-state index in [0.29, 0.717) is 36.8 Å². The third kappa shape index (κ3) is 5.82. The van der Waals surface area contributed by atoms with Gasteiger partial charge in [-0.05, 0) is 37.6 Å². The van der Waals surface area contributed by atoms with Gasteiger partial charge in [-0.15, -0.1) is 0 Å². The number of hydrogen-bond acceptors (Lipinski definition) is 7. The van der Waals surface area contributed by atoms with Crippen LogP contribution in [0.1, 0.15) is 34.2 Å². The summed E-state index contributed by atoms with van der Waals surface area (Å²) in [6.45, 7) is 3.43. The summed E-state index contributed by atoms with van der Waals surface area (Å²) < 4.78 is 9.88. The third-order valence-electron chi connectivity index (χ3n) is 3.37. The number of hydrogen-bond donors (Lipinski definition) is 2. The van der Waals surface area contributed by atoms with E-state index in [1.54, 1.807) is 38.3 Å². The maximum Gasteiger partial charge on any atom is 0.338 e. The van der Waals surface area contributed by atoms with Gasteiger partial charge in [0, 0.05) is 25.9 Å². The fourth-order valence-corrected chi connectivity index (χ4v) is 2.07. The van der Waals surface area contributed by atoms with Crippen LogP contribution in [0.4, 0.5) is 11.5 Å². The molecule has 1 aromatic heterocycles. The lowest BCUT2D eigenvalue weighted by Gasteiger charge is -2.07. The zero-order valence-electron chi connectivity index (χ0n) is 14.8. The molecular weight excluding hydrogens is 336 g/mol. The Bertz CT molecular complexity index is 717. The van der Waals surface area contributed by atoms with Crippen molar-refractivity contribution >= 4 is 23.4 Å². The summed E-state index contributed by atoms with van der Waals surface area (Å²) in [6.07, 6.45) is 3.76. The standard InChI is InChI=1S/C18H22N4O4/c1-3-26-18(24)13-5-7-14(8-6-13)22-17(23)15-11-21-16(12-20-15)19-9-4-10-25-2/h5-8,11-12H,3-4,9-10H2,1-2H3,(H,19,21)(H,22,23). The van der Waals surface area contributed by atoms with Gasteiger partial charge in [-0.2, -0.15) is 0 Å². The quantitative estimate of drug-likeness (QED) is 0.524. The number of methoxy groups -OCH3 is 1. The Hall–Kier alpha value is -3.00. The fraction of sp³-hybridized carbons (Fsp3) is 0.333. The Morgan fingerprint density at radius 3 is 2.50 bits per heavy atom. The Morgan fingerprint density at radius 2 is 1.88 bits per heavy atom. The summed E-state index contributed by atoms with van der Waals surface area (Å²) in [5.41, 5.74) is 1.17. The van der Waals surface area contributed by atoms with Gasteiger partial charge >= 0.3 is 5.97 Å². The number of anilines is 2. The van der Waals surface area contributed by atoms with Gasteiger partial charge in [0.05, 0.1) is 24.6 Å². The largest absolute Gasteiger partial charge is 0.462 e. The minimum atomic E-state index is -0.398. The first kappa shape index (κ1) is 19.3. The second kappa shape index (κ2) is 10.1. The summed E-state index contributed by atoms with van der Waals surface area (Å²) in [5, 5.41) is 5.80. The molecule has 2 rings (SSSR count). The van der Waals surface area contributed by atoms with E-state index in [4.69, 9.17) is 9.47 Å². The number of nitrogens with one attached hydrogen (secondary N) is 2. The predicted molar refractivity (Wildman–Crippen MR) is 97.4 cm³/mol. The number of carbonyl (C=O) groups excluding carboxylic acids is 2. The molecule has 0 unspecified atom stereocenters. The maximum atomic E-state index is 12.2. The molecule has 0 aliphatic carbocycles. The molecule has 1 amide bonds. The van der Waals surface area contributed by atoms with Crippen LogP contribution in [0, 0.1) is 0 Å². The highest BCUT2D eigenvalue weighted by molar-refractivity contribution is 6.03. The molecule has 0 spiro atoms. The van der Waals surface area contributed by atoms with E-state index in [1.165, 1.54) is 12.4 Å². The number of benzene rings is 1. The molecule has 2 aromatic rings. The molecule has 138 valence electrons. The highest BCUT2D eigenvalue weighted by Gasteiger charge is 2.10. The van der Waals surface area contributed by atoms with Gasteiger partial charge in [0.15, 0.2) is 0 Å². The molecule has 0 saturated carbocycles.